The highest BCUT2D eigenvalue weighted by molar-refractivity contribution is 5.96. The van der Waals surface area contributed by atoms with Gasteiger partial charge in [-0.05, 0) is 42.7 Å². The second-order valence-electron chi connectivity index (χ2n) is 9.29. The Labute approximate surface area is 199 Å². The van der Waals surface area contributed by atoms with E-state index >= 15 is 0 Å². The van der Waals surface area contributed by atoms with Crippen molar-refractivity contribution in [3.05, 3.63) is 65.6 Å². The summed E-state index contributed by atoms with van der Waals surface area (Å²) in [5.41, 5.74) is 2.15. The minimum atomic E-state index is -4.46. The van der Waals surface area contributed by atoms with E-state index in [2.05, 4.69) is 15.0 Å². The van der Waals surface area contributed by atoms with Gasteiger partial charge in [-0.25, -0.2) is 9.97 Å². The van der Waals surface area contributed by atoms with E-state index in [1.807, 2.05) is 28.0 Å². The van der Waals surface area contributed by atoms with Crippen molar-refractivity contribution in [2.45, 2.75) is 24.4 Å². The van der Waals surface area contributed by atoms with Crippen LogP contribution in [0.4, 0.5) is 24.8 Å². The smallest absolute Gasteiger partial charge is 0.379 e. The van der Waals surface area contributed by atoms with Crippen molar-refractivity contribution in [2.75, 3.05) is 37.7 Å². The minimum absolute atomic E-state index is 0.0166. The molecule has 0 saturated carbocycles. The number of alkyl halides is 3. The highest BCUT2D eigenvalue weighted by Crippen LogP contribution is 2.48. The number of pyridine rings is 1. The van der Waals surface area contributed by atoms with E-state index in [0.717, 1.165) is 55.5 Å². The Morgan fingerprint density at radius 1 is 1.00 bits per heavy atom. The number of carbonyl (C=O) groups excluding carboxylic acids is 1. The molecule has 35 heavy (non-hydrogen) atoms. The molecule has 7 nitrogen and oxygen atoms in total. The number of carbonyl (C=O) groups is 1. The molecule has 0 aliphatic carbocycles. The molecular formula is C25H22F3N5O2. The van der Waals surface area contributed by atoms with Gasteiger partial charge in [0.05, 0.1) is 29.9 Å². The van der Waals surface area contributed by atoms with Crippen LogP contribution in [-0.4, -0.2) is 58.6 Å². The lowest BCUT2D eigenvalue weighted by Gasteiger charge is -2.38. The van der Waals surface area contributed by atoms with Crippen LogP contribution in [0.3, 0.4) is 0 Å². The zero-order chi connectivity index (χ0) is 24.2. The molecule has 2 fully saturated rings. The Kier molecular flexibility index (Phi) is 5.03. The average Bonchev–Trinajstić information content (AvgIpc) is 3.49. The van der Waals surface area contributed by atoms with Crippen molar-refractivity contribution in [1.29, 1.82) is 0 Å². The molecule has 1 amide bonds. The third kappa shape index (κ3) is 3.72. The van der Waals surface area contributed by atoms with Gasteiger partial charge >= 0.3 is 6.18 Å². The third-order valence-electron chi connectivity index (χ3n) is 6.98. The van der Waals surface area contributed by atoms with E-state index < -0.39 is 11.7 Å². The number of benzene rings is 1. The lowest BCUT2D eigenvalue weighted by Crippen LogP contribution is -2.49. The van der Waals surface area contributed by atoms with Crippen LogP contribution in [0.2, 0.25) is 0 Å². The highest BCUT2D eigenvalue weighted by atomic mass is 19.4. The summed E-state index contributed by atoms with van der Waals surface area (Å²) in [7, 11) is 0. The first-order chi connectivity index (χ1) is 16.8. The monoisotopic (exact) mass is 481 g/mol. The van der Waals surface area contributed by atoms with Crippen molar-refractivity contribution < 1.29 is 22.7 Å². The first kappa shape index (κ1) is 22.0. The Morgan fingerprint density at radius 3 is 2.40 bits per heavy atom. The van der Waals surface area contributed by atoms with Gasteiger partial charge in [-0.15, -0.1) is 0 Å². The zero-order valence-corrected chi connectivity index (χ0v) is 18.8. The summed E-state index contributed by atoms with van der Waals surface area (Å²) in [5, 5.41) is 0. The number of halogens is 3. The number of anilines is 2. The summed E-state index contributed by atoms with van der Waals surface area (Å²) < 4.78 is 44.8. The van der Waals surface area contributed by atoms with Gasteiger partial charge in [0.15, 0.2) is 0 Å². The molecule has 2 aromatic heterocycles. The molecule has 0 bridgehead atoms. The standard InChI is InChI=1S/C25H22F3N5O2/c26-25(27,28)18-5-6-29-20(10-18)17-11-30-23(31-12-17)33-13-24(14-35-15-24)19-4-3-16(9-21(19)33)22(34)32-7-1-2-8-32/h3-6,9-12H,1-2,7-8,13-15H2. The van der Waals surface area contributed by atoms with Gasteiger partial charge in [0.2, 0.25) is 5.95 Å². The Morgan fingerprint density at radius 2 is 1.74 bits per heavy atom. The maximum Gasteiger partial charge on any atom is 0.416 e. The summed E-state index contributed by atoms with van der Waals surface area (Å²) in [4.78, 5) is 29.8. The third-order valence-corrected chi connectivity index (χ3v) is 6.98. The number of fused-ring (bicyclic) bond motifs is 2. The second kappa shape index (κ2) is 8.01. The van der Waals surface area contributed by atoms with Gasteiger partial charge in [-0.2, -0.15) is 13.2 Å². The van der Waals surface area contributed by atoms with Crippen molar-refractivity contribution in [3.8, 4) is 11.3 Å². The van der Waals surface area contributed by atoms with E-state index in [0.29, 0.717) is 36.8 Å². The first-order valence-corrected chi connectivity index (χ1v) is 11.5. The van der Waals surface area contributed by atoms with Crippen LogP contribution in [0.15, 0.2) is 48.9 Å². The summed E-state index contributed by atoms with van der Waals surface area (Å²) in [6.45, 7) is 3.28. The van der Waals surface area contributed by atoms with Gasteiger partial charge in [-0.3, -0.25) is 9.78 Å². The van der Waals surface area contributed by atoms with Crippen LogP contribution >= 0.6 is 0 Å². The van der Waals surface area contributed by atoms with Crippen LogP contribution in [0.25, 0.3) is 11.3 Å². The predicted octanol–water partition coefficient (Wildman–Crippen LogP) is 4.21. The Hall–Kier alpha value is -3.53. The summed E-state index contributed by atoms with van der Waals surface area (Å²) >= 11 is 0. The fourth-order valence-electron chi connectivity index (χ4n) is 5.04. The van der Waals surface area contributed by atoms with Crippen LogP contribution in [0.5, 0.6) is 0 Å². The fraction of sp³-hybridized carbons (Fsp3) is 0.360. The molecule has 0 atom stereocenters. The van der Waals surface area contributed by atoms with Crippen LogP contribution in [-0.2, 0) is 16.3 Å². The number of rotatable bonds is 3. The molecule has 1 aromatic carbocycles. The Balaban J connectivity index is 1.33. The second-order valence-corrected chi connectivity index (χ2v) is 9.29. The van der Waals surface area contributed by atoms with E-state index in [1.54, 1.807) is 0 Å². The molecule has 6 rings (SSSR count). The normalized spacial score (nSPS) is 18.6. The minimum Gasteiger partial charge on any atom is -0.379 e. The van der Waals surface area contributed by atoms with Crippen LogP contribution in [0, 0.1) is 0 Å². The number of likely N-dealkylation sites (tertiary alicyclic amines) is 1. The van der Waals surface area contributed by atoms with Gasteiger partial charge < -0.3 is 14.5 Å². The number of hydrogen-bond donors (Lipinski definition) is 0. The number of ether oxygens (including phenoxy) is 1. The van der Waals surface area contributed by atoms with E-state index in [-0.39, 0.29) is 17.0 Å². The molecule has 0 radical (unpaired) electrons. The van der Waals surface area contributed by atoms with Gasteiger partial charge in [0, 0.05) is 55.0 Å². The molecule has 10 heteroatoms. The highest BCUT2D eigenvalue weighted by Gasteiger charge is 2.49. The maximum absolute atomic E-state index is 13.1. The SMILES string of the molecule is O=C(c1ccc2c(c1)N(c1ncc(-c3cc(C(F)(F)F)ccn3)cn1)CC21COC1)N1CCCC1. The molecule has 3 aromatic rings. The Bertz CT molecular complexity index is 1290. The summed E-state index contributed by atoms with van der Waals surface area (Å²) in [6, 6.07) is 7.70. The molecule has 2 saturated heterocycles. The van der Waals surface area contributed by atoms with E-state index in [1.165, 1.54) is 12.4 Å². The lowest BCUT2D eigenvalue weighted by atomic mass is 9.80. The molecule has 3 aliphatic heterocycles. The van der Waals surface area contributed by atoms with E-state index in [9.17, 15) is 18.0 Å². The van der Waals surface area contributed by atoms with Crippen molar-refractivity contribution in [3.63, 3.8) is 0 Å². The summed E-state index contributed by atoms with van der Waals surface area (Å²) in [6.07, 6.45) is 1.66. The van der Waals surface area contributed by atoms with Crippen LogP contribution in [0.1, 0.15) is 34.3 Å². The molecule has 3 aliphatic rings. The molecule has 0 unspecified atom stereocenters. The summed E-state index contributed by atoms with van der Waals surface area (Å²) in [5.74, 6) is 0.430. The predicted molar refractivity (Wildman–Crippen MR) is 121 cm³/mol. The van der Waals surface area contributed by atoms with Crippen molar-refractivity contribution in [1.82, 2.24) is 19.9 Å². The van der Waals surface area contributed by atoms with Gasteiger partial charge in [0.1, 0.15) is 0 Å². The van der Waals surface area contributed by atoms with Crippen molar-refractivity contribution in [2.24, 2.45) is 0 Å². The number of hydrogen-bond acceptors (Lipinski definition) is 6. The van der Waals surface area contributed by atoms with Crippen LogP contribution < -0.4 is 4.90 Å². The molecular weight excluding hydrogens is 459 g/mol. The molecule has 180 valence electrons. The zero-order valence-electron chi connectivity index (χ0n) is 18.8. The van der Waals surface area contributed by atoms with Gasteiger partial charge in [-0.1, -0.05) is 6.07 Å². The number of nitrogens with zero attached hydrogens (tertiary/aromatic N) is 5. The maximum atomic E-state index is 13.1. The first-order valence-electron chi connectivity index (χ1n) is 11.5. The number of aromatic nitrogens is 3. The topological polar surface area (TPSA) is 71.5 Å². The number of amides is 1. The molecule has 0 N–H and O–H groups in total. The quantitative estimate of drug-likeness (QED) is 0.558. The van der Waals surface area contributed by atoms with Crippen molar-refractivity contribution >= 4 is 17.5 Å². The molecule has 5 heterocycles. The van der Waals surface area contributed by atoms with Gasteiger partial charge in [0.25, 0.3) is 5.91 Å². The largest absolute Gasteiger partial charge is 0.416 e. The fourth-order valence-corrected chi connectivity index (χ4v) is 5.04. The molecule has 1 spiro atoms. The average molecular weight is 481 g/mol. The van der Waals surface area contributed by atoms with E-state index in [4.69, 9.17) is 4.74 Å². The lowest BCUT2D eigenvalue weighted by molar-refractivity contribution is -0.137.